The average molecular weight is 228 g/mol. The number of carbonyl (C=O) groups excluding carboxylic acids is 1. The summed E-state index contributed by atoms with van der Waals surface area (Å²) in [7, 11) is 0. The minimum atomic E-state index is -1.06. The van der Waals surface area contributed by atoms with E-state index in [-0.39, 0.29) is 11.8 Å². The first kappa shape index (κ1) is 14.5. The molecule has 0 spiro atoms. The maximum absolute atomic E-state index is 11.4. The van der Waals surface area contributed by atoms with Crippen LogP contribution in [0.4, 0.5) is 4.79 Å². The lowest BCUT2D eigenvalue weighted by Crippen LogP contribution is -2.47. The summed E-state index contributed by atoms with van der Waals surface area (Å²) in [5.74, 6) is -1.06. The van der Waals surface area contributed by atoms with Gasteiger partial charge in [0.2, 0.25) is 0 Å². The van der Waals surface area contributed by atoms with Crippen LogP contribution in [0.2, 0.25) is 0 Å². The Balaban J connectivity index is 4.10. The number of carbonyl (C=O) groups is 2. The van der Waals surface area contributed by atoms with Gasteiger partial charge in [0, 0.05) is 6.54 Å². The van der Waals surface area contributed by atoms with Gasteiger partial charge in [0.25, 0.3) is 0 Å². The fourth-order valence-electron chi connectivity index (χ4n) is 0.943. The van der Waals surface area contributed by atoms with E-state index in [1.54, 1.807) is 0 Å². The van der Waals surface area contributed by atoms with E-state index in [4.69, 9.17) is 5.11 Å². The first-order valence-corrected chi connectivity index (χ1v) is 5.14. The molecule has 0 heterocycles. The second-order valence-electron chi connectivity index (χ2n) is 4.80. The van der Waals surface area contributed by atoms with Gasteiger partial charge in [-0.15, -0.1) is 6.58 Å². The zero-order chi connectivity index (χ0) is 12.8. The van der Waals surface area contributed by atoms with Crippen LogP contribution in [0.1, 0.15) is 27.2 Å². The maximum Gasteiger partial charge on any atom is 0.326 e. The van der Waals surface area contributed by atoms with Crippen molar-refractivity contribution >= 4 is 12.0 Å². The van der Waals surface area contributed by atoms with E-state index in [2.05, 4.69) is 17.2 Å². The number of carboxylic acids is 1. The van der Waals surface area contributed by atoms with Crippen molar-refractivity contribution in [3.63, 3.8) is 0 Å². The molecule has 5 nitrogen and oxygen atoms in total. The quantitative estimate of drug-likeness (QED) is 0.622. The van der Waals surface area contributed by atoms with Crippen LogP contribution in [0.5, 0.6) is 0 Å². The maximum atomic E-state index is 11.4. The molecule has 92 valence electrons. The number of urea groups is 1. The summed E-state index contributed by atoms with van der Waals surface area (Å²) in [6.07, 6.45) is 1.67. The van der Waals surface area contributed by atoms with Crippen LogP contribution in [0, 0.1) is 5.41 Å². The Morgan fingerprint density at radius 3 is 2.38 bits per heavy atom. The summed E-state index contributed by atoms with van der Waals surface area (Å²) in [6.45, 7) is 9.86. The van der Waals surface area contributed by atoms with Crippen LogP contribution in [-0.2, 0) is 4.79 Å². The summed E-state index contributed by atoms with van der Waals surface area (Å²) >= 11 is 0. The van der Waals surface area contributed by atoms with Gasteiger partial charge in [-0.25, -0.2) is 9.59 Å². The third kappa shape index (κ3) is 6.86. The molecule has 0 fully saturated rings. The largest absolute Gasteiger partial charge is 0.480 e. The van der Waals surface area contributed by atoms with Gasteiger partial charge in [-0.05, 0) is 11.8 Å². The molecule has 1 atom stereocenters. The highest BCUT2D eigenvalue weighted by Gasteiger charge is 2.19. The predicted octanol–water partition coefficient (Wildman–Crippen LogP) is 1.36. The van der Waals surface area contributed by atoms with Crippen molar-refractivity contribution in [2.24, 2.45) is 5.41 Å². The molecule has 0 radical (unpaired) electrons. The molecule has 5 heteroatoms. The average Bonchev–Trinajstić information content (AvgIpc) is 2.13. The van der Waals surface area contributed by atoms with E-state index in [9.17, 15) is 9.59 Å². The van der Waals surface area contributed by atoms with E-state index in [0.717, 1.165) is 0 Å². The molecule has 0 aliphatic rings. The van der Waals surface area contributed by atoms with Crippen molar-refractivity contribution in [1.29, 1.82) is 0 Å². The molecule has 0 bridgehead atoms. The summed E-state index contributed by atoms with van der Waals surface area (Å²) in [5.41, 5.74) is -0.0332. The van der Waals surface area contributed by atoms with E-state index in [1.165, 1.54) is 6.08 Å². The molecule has 16 heavy (non-hydrogen) atoms. The lowest BCUT2D eigenvalue weighted by atomic mass is 9.97. The molecule has 0 saturated heterocycles. The third-order valence-corrected chi connectivity index (χ3v) is 1.79. The Hall–Kier alpha value is -1.52. The smallest absolute Gasteiger partial charge is 0.326 e. The van der Waals surface area contributed by atoms with Crippen LogP contribution in [0.25, 0.3) is 0 Å². The van der Waals surface area contributed by atoms with Crippen molar-refractivity contribution in [3.05, 3.63) is 12.7 Å². The zero-order valence-corrected chi connectivity index (χ0v) is 10.0. The zero-order valence-electron chi connectivity index (χ0n) is 10.0. The fourth-order valence-corrected chi connectivity index (χ4v) is 0.943. The number of carboxylic acid groups (broad SMARTS) is 1. The second-order valence-corrected chi connectivity index (χ2v) is 4.80. The van der Waals surface area contributed by atoms with Gasteiger partial charge in [-0.3, -0.25) is 0 Å². The molecule has 1 unspecified atom stereocenters. The van der Waals surface area contributed by atoms with E-state index >= 15 is 0 Å². The Kier molecular flexibility index (Phi) is 5.56. The molecule has 0 aromatic carbocycles. The minimum Gasteiger partial charge on any atom is -0.480 e. The van der Waals surface area contributed by atoms with Crippen LogP contribution in [0.15, 0.2) is 12.7 Å². The Labute approximate surface area is 95.9 Å². The number of nitrogens with one attached hydrogen (secondary N) is 2. The highest BCUT2D eigenvalue weighted by atomic mass is 16.4. The van der Waals surface area contributed by atoms with E-state index < -0.39 is 18.0 Å². The van der Waals surface area contributed by atoms with Crippen molar-refractivity contribution in [2.45, 2.75) is 33.2 Å². The lowest BCUT2D eigenvalue weighted by Gasteiger charge is -2.20. The summed E-state index contributed by atoms with van der Waals surface area (Å²) < 4.78 is 0. The molecule has 0 aliphatic carbocycles. The van der Waals surface area contributed by atoms with E-state index in [0.29, 0.717) is 6.54 Å². The van der Waals surface area contributed by atoms with Gasteiger partial charge in [-0.1, -0.05) is 26.8 Å². The van der Waals surface area contributed by atoms with Gasteiger partial charge in [0.1, 0.15) is 6.04 Å². The Morgan fingerprint density at radius 1 is 1.44 bits per heavy atom. The van der Waals surface area contributed by atoms with Crippen LogP contribution < -0.4 is 10.6 Å². The normalized spacial score (nSPS) is 12.7. The highest BCUT2D eigenvalue weighted by molar-refractivity contribution is 5.82. The van der Waals surface area contributed by atoms with Gasteiger partial charge in [0.15, 0.2) is 0 Å². The molecular weight excluding hydrogens is 208 g/mol. The summed E-state index contributed by atoms with van der Waals surface area (Å²) in [4.78, 5) is 22.1. The van der Waals surface area contributed by atoms with Crippen LogP contribution >= 0.6 is 0 Å². The Bertz CT molecular complexity index is 269. The first-order valence-electron chi connectivity index (χ1n) is 5.14. The van der Waals surface area contributed by atoms with Crippen LogP contribution in [-0.4, -0.2) is 29.7 Å². The number of aliphatic carboxylic acids is 1. The summed E-state index contributed by atoms with van der Waals surface area (Å²) in [5, 5.41) is 13.8. The number of rotatable bonds is 5. The Morgan fingerprint density at radius 2 is 2.00 bits per heavy atom. The third-order valence-electron chi connectivity index (χ3n) is 1.79. The van der Waals surface area contributed by atoms with E-state index in [1.807, 2.05) is 20.8 Å². The number of hydrogen-bond acceptors (Lipinski definition) is 2. The molecule has 2 amide bonds. The summed E-state index contributed by atoms with van der Waals surface area (Å²) in [6, 6.07) is -1.39. The standard InChI is InChI=1S/C11H20N2O3/c1-5-6-8(9(14)15)13-10(16)12-7-11(2,3)4/h5,8H,1,6-7H2,2-4H3,(H,14,15)(H2,12,13,16). The lowest BCUT2D eigenvalue weighted by molar-refractivity contribution is -0.139. The molecule has 0 saturated carbocycles. The van der Waals surface area contributed by atoms with Gasteiger partial charge in [-0.2, -0.15) is 0 Å². The first-order chi connectivity index (χ1) is 7.26. The van der Waals surface area contributed by atoms with Gasteiger partial charge in [0.05, 0.1) is 0 Å². The molecule has 0 aromatic rings. The van der Waals surface area contributed by atoms with Crippen molar-refractivity contribution in [2.75, 3.05) is 6.54 Å². The number of amides is 2. The van der Waals surface area contributed by atoms with Gasteiger partial charge < -0.3 is 15.7 Å². The molecule has 0 aliphatic heterocycles. The second kappa shape index (κ2) is 6.15. The SMILES string of the molecule is C=CCC(NC(=O)NCC(C)(C)C)C(=O)O. The van der Waals surface area contributed by atoms with Gasteiger partial charge >= 0.3 is 12.0 Å². The topological polar surface area (TPSA) is 78.4 Å². The van der Waals surface area contributed by atoms with Crippen molar-refractivity contribution in [1.82, 2.24) is 10.6 Å². The minimum absolute atomic E-state index is 0.0332. The molecule has 0 aromatic heterocycles. The predicted molar refractivity (Wildman–Crippen MR) is 62.2 cm³/mol. The number of hydrogen-bond donors (Lipinski definition) is 3. The molecular formula is C11H20N2O3. The fraction of sp³-hybridized carbons (Fsp3) is 0.636. The van der Waals surface area contributed by atoms with Crippen molar-refractivity contribution in [3.8, 4) is 0 Å². The van der Waals surface area contributed by atoms with Crippen LogP contribution in [0.3, 0.4) is 0 Å². The highest BCUT2D eigenvalue weighted by Crippen LogP contribution is 2.09. The molecule has 0 rings (SSSR count). The monoisotopic (exact) mass is 228 g/mol. The van der Waals surface area contributed by atoms with Crippen molar-refractivity contribution < 1.29 is 14.7 Å². The molecule has 3 N–H and O–H groups in total.